The summed E-state index contributed by atoms with van der Waals surface area (Å²) in [4.78, 5) is 24.8. The molecule has 0 N–H and O–H groups in total. The Labute approximate surface area is 230 Å². The van der Waals surface area contributed by atoms with E-state index in [-0.39, 0.29) is 23.8 Å². The van der Waals surface area contributed by atoms with Crippen molar-refractivity contribution in [1.82, 2.24) is 0 Å². The van der Waals surface area contributed by atoms with Crippen LogP contribution in [0.5, 0.6) is 0 Å². The molecule has 4 heteroatoms. The summed E-state index contributed by atoms with van der Waals surface area (Å²) in [6, 6.07) is 0. The lowest BCUT2D eigenvalue weighted by Gasteiger charge is -2.26. The maximum Gasteiger partial charge on any atom is 0.308 e. The van der Waals surface area contributed by atoms with Crippen molar-refractivity contribution in [2.24, 2.45) is 17.8 Å². The topological polar surface area (TPSA) is 52.6 Å². The summed E-state index contributed by atoms with van der Waals surface area (Å²) >= 11 is 0. The summed E-state index contributed by atoms with van der Waals surface area (Å²) in [5.74, 6) is 0.665. The molecular weight excluding hydrogens is 460 g/mol. The van der Waals surface area contributed by atoms with Gasteiger partial charge in [-0.1, -0.05) is 130 Å². The molecule has 0 radical (unpaired) electrons. The lowest BCUT2D eigenvalue weighted by molar-refractivity contribution is -0.155. The molecule has 1 fully saturated rings. The van der Waals surface area contributed by atoms with Crippen LogP contribution in [0.15, 0.2) is 0 Å². The average Bonchev–Trinajstić information content (AvgIpc) is 2.90. The fourth-order valence-corrected chi connectivity index (χ4v) is 5.45. The van der Waals surface area contributed by atoms with Crippen LogP contribution in [0.2, 0.25) is 0 Å². The minimum absolute atomic E-state index is 0.0301. The molecule has 0 amide bonds. The first-order valence-corrected chi connectivity index (χ1v) is 16.4. The number of unbranched alkanes of at least 4 members (excludes halogenated alkanes) is 16. The van der Waals surface area contributed by atoms with Gasteiger partial charge in [-0.2, -0.15) is 0 Å². The van der Waals surface area contributed by atoms with Gasteiger partial charge in [0.25, 0.3) is 0 Å². The van der Waals surface area contributed by atoms with Gasteiger partial charge in [0.1, 0.15) is 0 Å². The van der Waals surface area contributed by atoms with Gasteiger partial charge in [-0.3, -0.25) is 9.59 Å². The lowest BCUT2D eigenvalue weighted by atomic mass is 9.82. The lowest BCUT2D eigenvalue weighted by Crippen LogP contribution is -2.28. The zero-order valence-electron chi connectivity index (χ0n) is 25.0. The zero-order chi connectivity index (χ0) is 27.0. The summed E-state index contributed by atoms with van der Waals surface area (Å²) in [5.41, 5.74) is 0. The highest BCUT2D eigenvalue weighted by atomic mass is 16.5. The van der Waals surface area contributed by atoms with Crippen LogP contribution in [0, 0.1) is 17.8 Å². The van der Waals surface area contributed by atoms with E-state index in [9.17, 15) is 9.59 Å². The second kappa shape index (κ2) is 24.0. The highest BCUT2D eigenvalue weighted by Gasteiger charge is 2.31. The third kappa shape index (κ3) is 19.6. The highest BCUT2D eigenvalue weighted by Crippen LogP contribution is 2.30. The van der Waals surface area contributed by atoms with Crippen LogP contribution in [0.25, 0.3) is 0 Å². The van der Waals surface area contributed by atoms with Crippen molar-refractivity contribution < 1.29 is 19.1 Å². The number of rotatable bonds is 24. The Balaban J connectivity index is 1.92. The second-order valence-corrected chi connectivity index (χ2v) is 12.1. The van der Waals surface area contributed by atoms with Gasteiger partial charge in [0.05, 0.1) is 25.0 Å². The maximum absolute atomic E-state index is 12.4. The first kappa shape index (κ1) is 34.0. The molecule has 0 heterocycles. The highest BCUT2D eigenvalue weighted by molar-refractivity contribution is 5.75. The summed E-state index contributed by atoms with van der Waals surface area (Å²) in [6.45, 7) is 7.96. The van der Waals surface area contributed by atoms with Crippen molar-refractivity contribution in [3.63, 3.8) is 0 Å². The fraction of sp³-hybridized carbons (Fsp3) is 0.939. The second-order valence-electron chi connectivity index (χ2n) is 12.1. The third-order valence-electron chi connectivity index (χ3n) is 8.06. The number of carbonyl (C=O) groups is 2. The quantitative estimate of drug-likeness (QED) is 0.0934. The number of hydrogen-bond donors (Lipinski definition) is 0. The Hall–Kier alpha value is -1.06. The van der Waals surface area contributed by atoms with E-state index in [2.05, 4.69) is 20.8 Å². The van der Waals surface area contributed by atoms with Gasteiger partial charge < -0.3 is 9.47 Å². The molecule has 0 atom stereocenters. The van der Waals surface area contributed by atoms with E-state index in [0.717, 1.165) is 57.3 Å². The van der Waals surface area contributed by atoms with Crippen molar-refractivity contribution in [3.8, 4) is 0 Å². The van der Waals surface area contributed by atoms with Crippen LogP contribution in [-0.2, 0) is 19.1 Å². The van der Waals surface area contributed by atoms with Crippen LogP contribution in [-0.4, -0.2) is 25.2 Å². The standard InChI is InChI=1S/C33H62O4/c1-4-5-6-7-8-9-11-14-17-20-27-36-32(34)30-23-25-31(26-24-30)33(35)37-28-21-18-15-12-10-13-16-19-22-29(2)3/h29-31H,4-28H2,1-3H3. The predicted molar refractivity (Wildman–Crippen MR) is 156 cm³/mol. The smallest absolute Gasteiger partial charge is 0.308 e. The van der Waals surface area contributed by atoms with Gasteiger partial charge in [0.2, 0.25) is 0 Å². The van der Waals surface area contributed by atoms with Crippen LogP contribution < -0.4 is 0 Å². The van der Waals surface area contributed by atoms with Crippen molar-refractivity contribution in [3.05, 3.63) is 0 Å². The van der Waals surface area contributed by atoms with E-state index in [4.69, 9.17) is 9.47 Å². The van der Waals surface area contributed by atoms with Gasteiger partial charge >= 0.3 is 11.9 Å². The van der Waals surface area contributed by atoms with E-state index >= 15 is 0 Å². The molecule has 0 aromatic heterocycles. The van der Waals surface area contributed by atoms with E-state index < -0.39 is 0 Å². The van der Waals surface area contributed by atoms with Crippen molar-refractivity contribution >= 4 is 11.9 Å². The minimum Gasteiger partial charge on any atom is -0.465 e. The van der Waals surface area contributed by atoms with Crippen LogP contribution in [0.4, 0.5) is 0 Å². The van der Waals surface area contributed by atoms with Crippen molar-refractivity contribution in [2.75, 3.05) is 13.2 Å². The number of carbonyl (C=O) groups excluding carboxylic acids is 2. The van der Waals surface area contributed by atoms with Crippen molar-refractivity contribution in [1.29, 1.82) is 0 Å². The summed E-state index contributed by atoms with van der Waals surface area (Å²) in [5, 5.41) is 0. The molecule has 0 bridgehead atoms. The molecular formula is C33H62O4. The average molecular weight is 523 g/mol. The Bertz CT molecular complexity index is 536. The van der Waals surface area contributed by atoms with E-state index in [1.807, 2.05) is 0 Å². The Morgan fingerprint density at radius 3 is 1.22 bits per heavy atom. The predicted octanol–water partition coefficient (Wildman–Crippen LogP) is 9.97. The molecule has 0 unspecified atom stereocenters. The molecule has 1 rings (SSSR count). The molecule has 0 aromatic rings. The fourth-order valence-electron chi connectivity index (χ4n) is 5.45. The van der Waals surface area contributed by atoms with Gasteiger partial charge in [0, 0.05) is 0 Å². The normalized spacial score (nSPS) is 17.7. The third-order valence-corrected chi connectivity index (χ3v) is 8.06. The van der Waals surface area contributed by atoms with E-state index in [1.165, 1.54) is 96.3 Å². The maximum atomic E-state index is 12.4. The monoisotopic (exact) mass is 522 g/mol. The van der Waals surface area contributed by atoms with Gasteiger partial charge in [-0.05, 0) is 44.4 Å². The molecule has 4 nitrogen and oxygen atoms in total. The Kier molecular flexibility index (Phi) is 22.0. The molecule has 0 aromatic carbocycles. The Morgan fingerprint density at radius 1 is 0.541 bits per heavy atom. The summed E-state index contributed by atoms with van der Waals surface area (Å²) in [7, 11) is 0. The van der Waals surface area contributed by atoms with E-state index in [1.54, 1.807) is 0 Å². The summed E-state index contributed by atoms with van der Waals surface area (Å²) < 4.78 is 11.1. The van der Waals surface area contributed by atoms with E-state index in [0.29, 0.717) is 13.2 Å². The van der Waals surface area contributed by atoms with Crippen LogP contribution in [0.1, 0.15) is 168 Å². The molecule has 1 aliphatic rings. The molecule has 1 aliphatic carbocycles. The number of esters is 2. The summed E-state index contributed by atoms with van der Waals surface area (Å²) in [6.07, 6.45) is 27.3. The number of hydrogen-bond acceptors (Lipinski definition) is 4. The largest absolute Gasteiger partial charge is 0.465 e. The molecule has 0 aliphatic heterocycles. The molecule has 0 saturated heterocycles. The van der Waals surface area contributed by atoms with Gasteiger partial charge in [-0.25, -0.2) is 0 Å². The minimum atomic E-state index is -0.0534. The molecule has 37 heavy (non-hydrogen) atoms. The van der Waals surface area contributed by atoms with Crippen LogP contribution in [0.3, 0.4) is 0 Å². The number of ether oxygens (including phenoxy) is 2. The Morgan fingerprint density at radius 2 is 0.865 bits per heavy atom. The SMILES string of the molecule is CCCCCCCCCCCCOC(=O)C1CCC(C(=O)OCCCCCCCCCCC(C)C)CC1. The van der Waals surface area contributed by atoms with Gasteiger partial charge in [-0.15, -0.1) is 0 Å². The first-order valence-electron chi connectivity index (χ1n) is 16.4. The van der Waals surface area contributed by atoms with Crippen LogP contribution >= 0.6 is 0 Å². The van der Waals surface area contributed by atoms with Gasteiger partial charge in [0.15, 0.2) is 0 Å². The first-order chi connectivity index (χ1) is 18.0. The zero-order valence-corrected chi connectivity index (χ0v) is 25.0. The van der Waals surface area contributed by atoms with Crippen molar-refractivity contribution in [2.45, 2.75) is 168 Å². The molecule has 218 valence electrons. The molecule has 1 saturated carbocycles. The molecule has 0 spiro atoms.